The zero-order valence-corrected chi connectivity index (χ0v) is 39.4. The molecule has 4 saturated heterocycles. The van der Waals surface area contributed by atoms with E-state index in [-0.39, 0.29) is 66.9 Å². The number of benzene rings is 1. The normalized spacial score (nSPS) is 19.8. The molecular weight excluding hydrogens is 907 g/mol. The Balaban J connectivity index is 0.647. The molecule has 1 aliphatic carbocycles. The summed E-state index contributed by atoms with van der Waals surface area (Å²) >= 11 is 0. The average Bonchev–Trinajstić information content (AvgIpc) is 3.98. The maximum atomic E-state index is 15.2. The van der Waals surface area contributed by atoms with E-state index in [9.17, 15) is 19.2 Å². The van der Waals surface area contributed by atoms with Gasteiger partial charge in [0.15, 0.2) is 28.9 Å². The summed E-state index contributed by atoms with van der Waals surface area (Å²) in [6.07, 6.45) is 10.3. The summed E-state index contributed by atoms with van der Waals surface area (Å²) < 4.78 is 43.8. The number of imide groups is 1. The first-order valence-corrected chi connectivity index (χ1v) is 24.5. The summed E-state index contributed by atoms with van der Waals surface area (Å²) in [5, 5.41) is 15.0. The number of piperazine rings is 1. The molecular formula is C48H58F2N14O6. The number of nitrogen functional groups attached to an aromatic ring is 1. The number of piperidine rings is 3. The van der Waals surface area contributed by atoms with Crippen LogP contribution in [0, 0.1) is 17.6 Å². The predicted octanol–water partition coefficient (Wildman–Crippen LogP) is 5.24. The number of aromatic nitrogens is 7. The fourth-order valence-electron chi connectivity index (χ4n) is 10.2. The van der Waals surface area contributed by atoms with Crippen molar-refractivity contribution < 1.29 is 37.2 Å². The number of nitrogens with zero attached hydrogens (tertiary/aromatic N) is 11. The number of anilines is 3. The Morgan fingerprint density at radius 2 is 1.57 bits per heavy atom. The minimum atomic E-state index is -0.741. The molecule has 70 heavy (non-hydrogen) atoms. The predicted molar refractivity (Wildman–Crippen MR) is 252 cm³/mol. The van der Waals surface area contributed by atoms with Crippen molar-refractivity contribution in [1.82, 2.24) is 54.9 Å². The molecule has 10 rings (SSSR count). The average molecular weight is 965 g/mol. The lowest BCUT2D eigenvalue weighted by Crippen LogP contribution is -2.49. The second-order valence-corrected chi connectivity index (χ2v) is 19.4. The quantitative estimate of drug-likeness (QED) is 0.128. The van der Waals surface area contributed by atoms with E-state index < -0.39 is 29.7 Å². The number of halogens is 2. The fourth-order valence-corrected chi connectivity index (χ4v) is 10.2. The van der Waals surface area contributed by atoms with E-state index in [1.807, 2.05) is 31.1 Å². The molecule has 4 aliphatic heterocycles. The van der Waals surface area contributed by atoms with Crippen molar-refractivity contribution in [1.29, 1.82) is 0 Å². The molecule has 1 atom stereocenters. The number of nitrogens with two attached hydrogens (primary N) is 1. The van der Waals surface area contributed by atoms with Gasteiger partial charge in [0.05, 0.1) is 17.4 Å². The van der Waals surface area contributed by atoms with Crippen LogP contribution < -0.4 is 21.3 Å². The van der Waals surface area contributed by atoms with Crippen molar-refractivity contribution in [2.45, 2.75) is 95.6 Å². The number of carbonyl (C=O) groups is 4. The number of nitrogens with one attached hydrogen (secondary N) is 2. The number of fused-ring (bicyclic) bond motifs is 1. The van der Waals surface area contributed by atoms with E-state index in [1.54, 1.807) is 14.5 Å². The van der Waals surface area contributed by atoms with E-state index in [1.165, 1.54) is 18.5 Å². The smallest absolute Gasteiger partial charge is 0.409 e. The van der Waals surface area contributed by atoms with Crippen LogP contribution in [-0.2, 0) is 19.1 Å². The lowest BCUT2D eigenvalue weighted by Gasteiger charge is -2.39. The largest absolute Gasteiger partial charge is 0.449 e. The highest BCUT2D eigenvalue weighted by molar-refractivity contribution is 6.02. The Morgan fingerprint density at radius 1 is 0.871 bits per heavy atom. The zero-order chi connectivity index (χ0) is 48.6. The fraction of sp³-hybridized carbons (Fsp3) is 0.542. The Morgan fingerprint density at radius 3 is 2.24 bits per heavy atom. The second-order valence-electron chi connectivity index (χ2n) is 19.4. The Bertz CT molecular complexity index is 2730. The minimum absolute atomic E-state index is 0.0121. The van der Waals surface area contributed by atoms with Crippen LogP contribution in [0.1, 0.15) is 101 Å². The molecule has 5 aliphatic rings. The van der Waals surface area contributed by atoms with Gasteiger partial charge in [0, 0.05) is 95.4 Å². The van der Waals surface area contributed by atoms with Gasteiger partial charge < -0.3 is 35.0 Å². The van der Waals surface area contributed by atoms with E-state index in [0.29, 0.717) is 111 Å². The Kier molecular flexibility index (Phi) is 13.3. The van der Waals surface area contributed by atoms with Gasteiger partial charge in [-0.2, -0.15) is 5.10 Å². The van der Waals surface area contributed by atoms with Crippen molar-refractivity contribution in [3.8, 4) is 22.8 Å². The number of rotatable bonds is 13. The summed E-state index contributed by atoms with van der Waals surface area (Å²) in [7, 11) is 0. The van der Waals surface area contributed by atoms with Crippen LogP contribution in [0.2, 0.25) is 0 Å². The third-order valence-electron chi connectivity index (χ3n) is 14.3. The molecule has 0 radical (unpaired) electrons. The number of hydrogen-bond donors (Lipinski definition) is 3. The van der Waals surface area contributed by atoms with E-state index in [4.69, 9.17) is 30.1 Å². The van der Waals surface area contributed by atoms with Gasteiger partial charge in [0.1, 0.15) is 41.9 Å². The summed E-state index contributed by atoms with van der Waals surface area (Å²) in [6, 6.07) is 1.66. The van der Waals surface area contributed by atoms with Crippen LogP contribution in [0.5, 0.6) is 0 Å². The second kappa shape index (κ2) is 19.9. The highest BCUT2D eigenvalue weighted by atomic mass is 19.1. The first kappa shape index (κ1) is 46.9. The molecule has 20 nitrogen and oxygen atoms in total. The number of ether oxygens (including phenoxy) is 1. The topological polar surface area (TPSA) is 236 Å². The molecule has 5 fully saturated rings. The SMILES string of the molecule is CC(C)n1nc(-c2noc(C3CC3)c2-c2ncc(C3CCN(C(=O)OCCC(=O)N4CCC(CN5CCN(c6c(F)cc(NC7CCC(=O)NC7=O)cc6F)CC5)CC4)CC3)cn2)c2c(N)ncnc21. The molecule has 4 aromatic heterocycles. The molecule has 0 bridgehead atoms. The lowest BCUT2D eigenvalue weighted by molar-refractivity contribution is -0.134. The highest BCUT2D eigenvalue weighted by Gasteiger charge is 2.37. The van der Waals surface area contributed by atoms with Gasteiger partial charge in [0.25, 0.3) is 0 Å². The van der Waals surface area contributed by atoms with Gasteiger partial charge in [-0.3, -0.25) is 24.6 Å². The van der Waals surface area contributed by atoms with Crippen molar-refractivity contribution in [2.24, 2.45) is 5.92 Å². The van der Waals surface area contributed by atoms with Gasteiger partial charge in [-0.25, -0.2) is 38.2 Å². The molecule has 1 saturated carbocycles. The summed E-state index contributed by atoms with van der Waals surface area (Å²) in [5.74, 6) is -0.0563. The molecule has 4 amide bonds. The van der Waals surface area contributed by atoms with Gasteiger partial charge in [-0.1, -0.05) is 5.16 Å². The van der Waals surface area contributed by atoms with Crippen LogP contribution in [0.25, 0.3) is 33.8 Å². The maximum absolute atomic E-state index is 15.2. The number of amides is 4. The third-order valence-corrected chi connectivity index (χ3v) is 14.3. The van der Waals surface area contributed by atoms with Gasteiger partial charge in [-0.15, -0.1) is 0 Å². The monoisotopic (exact) mass is 964 g/mol. The minimum Gasteiger partial charge on any atom is -0.449 e. The molecule has 4 N–H and O–H groups in total. The lowest BCUT2D eigenvalue weighted by atomic mass is 9.91. The van der Waals surface area contributed by atoms with Gasteiger partial charge in [0.2, 0.25) is 17.7 Å². The molecule has 22 heteroatoms. The van der Waals surface area contributed by atoms with Crippen LogP contribution in [0.3, 0.4) is 0 Å². The summed E-state index contributed by atoms with van der Waals surface area (Å²) in [5.41, 5.74) is 9.74. The van der Waals surface area contributed by atoms with Crippen molar-refractivity contribution in [3.05, 3.63) is 53.8 Å². The van der Waals surface area contributed by atoms with Crippen LogP contribution in [-0.4, -0.2) is 145 Å². The van der Waals surface area contributed by atoms with Crippen LogP contribution in [0.4, 0.5) is 30.8 Å². The number of carbonyl (C=O) groups excluding carboxylic acids is 4. The number of hydrogen-bond acceptors (Lipinski definition) is 16. The van der Waals surface area contributed by atoms with Crippen LogP contribution in [0.15, 0.2) is 35.4 Å². The Hall–Kier alpha value is -6.84. The van der Waals surface area contributed by atoms with Crippen LogP contribution >= 0.6 is 0 Å². The molecule has 8 heterocycles. The van der Waals surface area contributed by atoms with Gasteiger partial charge in [-0.05, 0) is 88.3 Å². The standard InChI is InChI=1S/C48H58F2N14O6/c1-27(2)64-46-39(44(51)54-26-55-46)40(58-64)41-38(43(70-59-41)30-3-4-30)45-52-23-31(24-53-45)29-9-14-63(15-10-29)48(68)69-20-11-37(66)61-12-7-28(8-13-61)25-60-16-18-62(19-17-60)42-33(49)21-32(22-34(42)50)56-35-5-6-36(65)57-47(35)67/h21-24,26-30,35,56H,3-20,25H2,1-2H3,(H2,51,54,55)(H,57,65,67). The maximum Gasteiger partial charge on any atom is 0.409 e. The molecule has 0 spiro atoms. The molecule has 370 valence electrons. The van der Waals surface area contributed by atoms with E-state index in [2.05, 4.69) is 30.7 Å². The Labute approximate surface area is 402 Å². The number of likely N-dealkylation sites (tertiary alicyclic amines) is 2. The summed E-state index contributed by atoms with van der Waals surface area (Å²) in [4.78, 5) is 75.7. The highest BCUT2D eigenvalue weighted by Crippen LogP contribution is 2.48. The van der Waals surface area contributed by atoms with Gasteiger partial charge >= 0.3 is 6.09 Å². The molecule has 1 aromatic carbocycles. The van der Waals surface area contributed by atoms with Crippen molar-refractivity contribution >= 4 is 52.0 Å². The third kappa shape index (κ3) is 9.82. The first-order chi connectivity index (χ1) is 33.9. The van der Waals surface area contributed by atoms with Crippen molar-refractivity contribution in [2.75, 3.05) is 81.5 Å². The summed E-state index contributed by atoms with van der Waals surface area (Å²) in [6.45, 7) is 9.34. The van der Waals surface area contributed by atoms with E-state index >= 15 is 8.78 Å². The van der Waals surface area contributed by atoms with Crippen molar-refractivity contribution in [3.63, 3.8) is 0 Å². The van der Waals surface area contributed by atoms with E-state index in [0.717, 1.165) is 43.6 Å². The molecule has 1 unspecified atom stereocenters. The molecule has 5 aromatic rings. The zero-order valence-electron chi connectivity index (χ0n) is 39.4. The first-order valence-electron chi connectivity index (χ1n) is 24.5.